The number of para-hydroxylation sites is 2. The molecule has 20 rings (SSSR count). The van der Waals surface area contributed by atoms with Gasteiger partial charge < -0.3 is 40.1 Å². The van der Waals surface area contributed by atoms with E-state index in [1.54, 1.807) is 25.3 Å². The van der Waals surface area contributed by atoms with Gasteiger partial charge in [-0.25, -0.2) is 38.7 Å². The van der Waals surface area contributed by atoms with E-state index in [9.17, 15) is 10.2 Å². The Bertz CT molecular complexity index is 6150. The van der Waals surface area contributed by atoms with Gasteiger partial charge in [0.1, 0.15) is 36.8 Å². The molecule has 4 aromatic carbocycles. The number of aromatic hydroxyl groups is 2. The average molecular weight is 2450 g/mol. The zero-order valence-electron chi connectivity index (χ0n) is 85.1. The van der Waals surface area contributed by atoms with E-state index in [4.69, 9.17) is 80.7 Å². The molecular weight excluding hydrogens is 2320 g/mol. The van der Waals surface area contributed by atoms with E-state index in [0.717, 1.165) is 113 Å². The van der Waals surface area contributed by atoms with Crippen molar-refractivity contribution in [2.24, 2.45) is 0 Å². The van der Waals surface area contributed by atoms with Crippen LogP contribution in [0.1, 0.15) is 358 Å². The van der Waals surface area contributed by atoms with Crippen LogP contribution in [0, 0.1) is 12.1 Å². The number of aromatic nitrogens is 26. The van der Waals surface area contributed by atoms with Crippen molar-refractivity contribution in [3.63, 3.8) is 0 Å². The normalized spacial score (nSPS) is 19.2. The van der Waals surface area contributed by atoms with Crippen LogP contribution in [0.15, 0.2) is 184 Å². The Labute approximate surface area is 864 Å². The van der Waals surface area contributed by atoms with E-state index < -0.39 is 71.4 Å². The first kappa shape index (κ1) is 105. The zero-order chi connectivity index (χ0) is 97.0. The summed E-state index contributed by atoms with van der Waals surface area (Å²) in [7, 11) is 0. The van der Waals surface area contributed by atoms with Gasteiger partial charge in [0.15, 0.2) is 23.3 Å². The number of nitrogens with zero attached hydrogens (tertiary/aromatic N) is 26. The molecule has 12 aromatic heterocycles. The molecule has 0 amide bonds. The Morgan fingerprint density at radius 3 is 0.826 bits per heavy atom. The number of phenols is 2. The number of fused-ring (bicyclic) bond motifs is 32. The second kappa shape index (κ2) is 35.3. The van der Waals surface area contributed by atoms with E-state index in [1.165, 1.54) is 0 Å². The Morgan fingerprint density at radius 1 is 0.239 bits per heavy atom. The van der Waals surface area contributed by atoms with Gasteiger partial charge in [0.05, 0.1) is 88.7 Å². The second-order valence-corrected chi connectivity index (χ2v) is 45.1. The van der Waals surface area contributed by atoms with Crippen LogP contribution in [0.5, 0.6) is 11.5 Å². The van der Waals surface area contributed by atoms with Gasteiger partial charge >= 0.3 is 59.2 Å². The molecule has 2 N–H and O–H groups in total. The molecule has 0 atom stereocenters. The van der Waals surface area contributed by atoms with Crippen molar-refractivity contribution < 1.29 is 90.5 Å². The van der Waals surface area contributed by atoms with E-state index in [2.05, 4.69) is 303 Å². The molecule has 0 saturated heterocycles. The Morgan fingerprint density at radius 2 is 0.507 bits per heavy atom. The summed E-state index contributed by atoms with van der Waals surface area (Å²) in [5, 5.41) is 62.8. The fraction of sp³-hybridized carbons (Fsp3) is 0.453. The number of rotatable bonds is 0. The maximum absolute atomic E-state index is 11.7. The first-order chi connectivity index (χ1) is 62.2. The van der Waals surface area contributed by atoms with Gasteiger partial charge in [0.2, 0.25) is 0 Å². The molecule has 4 aliphatic heterocycles. The van der Waals surface area contributed by atoms with Crippen LogP contribution in [0.2, 0.25) is 0 Å². The maximum atomic E-state index is 11.7. The van der Waals surface area contributed by atoms with Gasteiger partial charge in [-0.05, 0) is 201 Å². The van der Waals surface area contributed by atoms with Gasteiger partial charge in [-0.2, -0.15) is 112 Å². The summed E-state index contributed by atoms with van der Waals surface area (Å²) < 4.78 is 15.3. The summed E-state index contributed by atoms with van der Waals surface area (Å²) >= 11 is 0. The van der Waals surface area contributed by atoms with Crippen molar-refractivity contribution in [2.75, 3.05) is 0 Å². The molecule has 1 radical (unpaired) electrons. The first-order valence-electron chi connectivity index (χ1n) is 46.2. The molecule has 0 aliphatic carbocycles. The van der Waals surface area contributed by atoms with Crippen LogP contribution >= 0.6 is 0 Å². The number of phenolic OH excluding ortho intramolecular Hbond substituents is 2. The van der Waals surface area contributed by atoms with Crippen molar-refractivity contribution in [1.29, 1.82) is 0 Å². The van der Waals surface area contributed by atoms with Crippen molar-refractivity contribution >= 4 is 0 Å². The van der Waals surface area contributed by atoms with Gasteiger partial charge in [0, 0.05) is 78.9 Å². The first-order valence-corrected chi connectivity index (χ1v) is 46.2. The summed E-state index contributed by atoms with van der Waals surface area (Å²) in [5.74, 6) is 4.61. The second-order valence-electron chi connectivity index (χ2n) is 45.1. The molecule has 0 fully saturated rings. The fourth-order valence-corrected chi connectivity index (χ4v) is 18.4. The molecule has 138 heavy (non-hydrogen) atoms. The molecule has 735 valence electrons. The van der Waals surface area contributed by atoms with Crippen LogP contribution in [-0.4, -0.2) is 118 Å². The van der Waals surface area contributed by atoms with Gasteiger partial charge in [0.25, 0.3) is 0 Å². The molecule has 28 nitrogen and oxygen atoms in total. The van der Waals surface area contributed by atoms with Crippen LogP contribution < -0.4 is 19.9 Å². The summed E-state index contributed by atoms with van der Waals surface area (Å²) in [6, 6.07) is 48.4. The number of imidazole rings is 2. The Kier molecular flexibility index (Phi) is 26.8. The van der Waals surface area contributed by atoms with Crippen LogP contribution in [0.4, 0.5) is 0 Å². The summed E-state index contributed by atoms with van der Waals surface area (Å²) in [4.78, 5) is 48.0. The molecule has 16 heterocycles. The summed E-state index contributed by atoms with van der Waals surface area (Å²) in [6.07, 6.45) is 18.8. The molecule has 32 heteroatoms. The third kappa shape index (κ3) is 17.1. The molecule has 16 aromatic rings. The van der Waals surface area contributed by atoms with Crippen molar-refractivity contribution in [1.82, 2.24) is 128 Å². The third-order valence-corrected chi connectivity index (χ3v) is 30.0. The summed E-state index contributed by atoms with van der Waals surface area (Å²) in [5.41, 5.74) is 8.88. The number of benzene rings is 4. The quantitative estimate of drug-likeness (QED) is 0.105. The van der Waals surface area contributed by atoms with Crippen molar-refractivity contribution in [2.45, 2.75) is 309 Å². The van der Waals surface area contributed by atoms with Crippen LogP contribution in [0.25, 0.3) is 0 Å². The SMILES string of the molecule is CC1(C)c2[c-]c(ccc2)C(C)(C)n2cnc(n2)C(C)(C)c2ncn(n2)C(C)(C)c2[c-]c1ccc2.CC1(C)c2ccn(n2)C(C)(C)c2cccc(c2O)C(C)(C)c2cccc(c2O)C(C)(C)n2ccc1n2.CC1(C)c2ccn(n2)C(C)(C)c2ncc([n-]2)C(C)(C)c2cnc([n-]2)C(C)(C)n2ccc1n2.CC1(C)c2ncn(n2)C(C)(C)c2ccc([n-]2)C(C)(C)c2ccc([n-]2)C(C)(C)n2cnc1n2.[Cu+2].[Pt+2].[Pt+2].[Pt]. The minimum atomic E-state index is -0.671. The minimum absolute atomic E-state index is 0. The topological polar surface area (TPSA) is 317 Å². The molecule has 0 saturated carbocycles. The van der Waals surface area contributed by atoms with Gasteiger partial charge in [-0.15, -0.1) is 22.5 Å². The van der Waals surface area contributed by atoms with E-state index in [-0.39, 0.29) is 108 Å². The maximum Gasteiger partial charge on any atom is 2.00 e. The molecule has 0 spiro atoms. The van der Waals surface area contributed by atoms with Gasteiger partial charge in [-0.1, -0.05) is 151 Å². The molecule has 4 aliphatic rings. The molecular formula is C106H128CuN26O2Pt3. The summed E-state index contributed by atoms with van der Waals surface area (Å²) in [6.45, 7) is 67.4. The number of hydrogen-bond donors (Lipinski definition) is 2. The third-order valence-electron chi connectivity index (χ3n) is 30.0. The van der Waals surface area contributed by atoms with E-state index >= 15 is 0 Å². The predicted octanol–water partition coefficient (Wildman–Crippen LogP) is 17.6. The predicted molar refractivity (Wildman–Crippen MR) is 515 cm³/mol. The minimum Gasteiger partial charge on any atom is -0.662 e. The molecule has 0 unspecified atom stereocenters. The van der Waals surface area contributed by atoms with Crippen LogP contribution in [-0.2, 0) is 168 Å². The monoisotopic (exact) mass is 2440 g/mol. The molecule has 32 bridgehead atoms. The van der Waals surface area contributed by atoms with Crippen molar-refractivity contribution in [3.8, 4) is 11.5 Å². The number of hydrogen-bond acceptors (Lipinski definition) is 16. The average Bonchev–Trinajstić information content (AvgIpc) is 1.74. The standard InChI is InChI=1S/C30H36N4O2.C28H32N6.2C24H30N8.Cu.3Pt/c1-27(2)19-11-9-13-21(25(19)35)29(5,6)33-17-15-23(31-33)28(3,4)24-16-18-34(32-24)30(7,8)22-14-10-12-20(27)26(22)36;1-25(2)19-11-9-13-21(15-19)27(5,6)33-17-29-23(31-33)26(3,4)24-30-18-34(32-24)28(7,8)22-14-10-12-20(25)16-22;1-21(2)15-9-11-31(29-15)23(5,6)19-25-13-17(27-19)22(3,4)18-14-26-20(28-18)24(7,8)32-12-10-16(21)30-32;1-21(2)15-9-11-17(27-15)23(5,6)31-13-25-19(29-31)22(3,4)20-26-14-32(30-20)24(7,8)18-12-10-16(21)28-18;;;;/h9-18,35-36H,1-8H3;9-14,17-18H,1-8H3;2*9-14H,1-8H3;;;;/q;3*-2;+2;;2*+2. The Balaban J connectivity index is 0.000000154. The Hall–Kier alpha value is -10.6. The van der Waals surface area contributed by atoms with Gasteiger partial charge in [-0.3, -0.25) is 18.7 Å². The zero-order valence-corrected chi connectivity index (χ0v) is 92.9. The van der Waals surface area contributed by atoms with E-state index in [0.29, 0.717) is 23.3 Å². The van der Waals surface area contributed by atoms with Crippen LogP contribution in [0.3, 0.4) is 0 Å². The van der Waals surface area contributed by atoms with E-state index in [1.807, 2.05) is 137 Å². The smallest absolute Gasteiger partial charge is 0.662 e. The largest absolute Gasteiger partial charge is 2.00 e. The fourth-order valence-electron chi connectivity index (χ4n) is 18.4. The van der Waals surface area contributed by atoms with Crippen molar-refractivity contribution in [3.05, 3.63) is 332 Å².